The molecule has 94 valence electrons. The Labute approximate surface area is 102 Å². The molecule has 5 nitrogen and oxygen atoms in total. The number of benzene rings is 1. The van der Waals surface area contributed by atoms with Crippen LogP contribution in [0.3, 0.4) is 0 Å². The molecule has 2 N–H and O–H groups in total. The number of hydrogen-bond acceptors (Lipinski definition) is 3. The fourth-order valence-corrected chi connectivity index (χ4v) is 1.45. The molecule has 1 aromatic carbocycles. The van der Waals surface area contributed by atoms with Crippen LogP contribution in [-0.4, -0.2) is 9.55 Å². The van der Waals surface area contributed by atoms with Crippen LogP contribution in [0.15, 0.2) is 39.9 Å². The summed E-state index contributed by atoms with van der Waals surface area (Å²) in [5.41, 5.74) is -0.0256. The molecule has 0 saturated carbocycles. The Balaban J connectivity index is 2.13. The van der Waals surface area contributed by atoms with Crippen LogP contribution in [0.25, 0.3) is 0 Å². The lowest BCUT2D eigenvalue weighted by molar-refractivity contribution is 0.627. The van der Waals surface area contributed by atoms with Gasteiger partial charge in [0.2, 0.25) is 0 Å². The van der Waals surface area contributed by atoms with Crippen molar-refractivity contribution >= 4 is 5.82 Å². The van der Waals surface area contributed by atoms with Crippen molar-refractivity contribution in [2.24, 2.45) is 7.05 Å². The monoisotopic (exact) mass is 249 g/mol. The highest BCUT2D eigenvalue weighted by atomic mass is 19.1. The van der Waals surface area contributed by atoms with Crippen LogP contribution < -0.4 is 16.6 Å². The Morgan fingerprint density at radius 3 is 2.56 bits per heavy atom. The van der Waals surface area contributed by atoms with Crippen molar-refractivity contribution in [1.82, 2.24) is 9.55 Å². The van der Waals surface area contributed by atoms with Crippen LogP contribution in [0.5, 0.6) is 0 Å². The van der Waals surface area contributed by atoms with E-state index in [9.17, 15) is 14.0 Å². The second-order valence-electron chi connectivity index (χ2n) is 3.87. The van der Waals surface area contributed by atoms with Gasteiger partial charge in [0.25, 0.3) is 5.56 Å². The van der Waals surface area contributed by atoms with Gasteiger partial charge in [0.1, 0.15) is 11.6 Å². The van der Waals surface area contributed by atoms with Crippen LogP contribution in [0.1, 0.15) is 5.56 Å². The van der Waals surface area contributed by atoms with E-state index >= 15 is 0 Å². The number of anilines is 1. The molecule has 0 fully saturated rings. The van der Waals surface area contributed by atoms with E-state index in [1.165, 1.54) is 25.2 Å². The number of nitrogens with one attached hydrogen (secondary N) is 2. The summed E-state index contributed by atoms with van der Waals surface area (Å²) in [5, 5.41) is 2.90. The molecule has 2 aromatic rings. The van der Waals surface area contributed by atoms with E-state index in [1.54, 1.807) is 12.1 Å². The van der Waals surface area contributed by atoms with Gasteiger partial charge < -0.3 is 5.32 Å². The Kier molecular flexibility index (Phi) is 3.27. The minimum absolute atomic E-state index is 0.305. The number of hydrogen-bond donors (Lipinski definition) is 2. The number of aromatic amines is 1. The number of aromatic nitrogens is 2. The Bertz CT molecular complexity index is 627. The second kappa shape index (κ2) is 4.87. The molecule has 1 heterocycles. The van der Waals surface area contributed by atoms with E-state index < -0.39 is 5.69 Å². The molecule has 0 radical (unpaired) electrons. The fraction of sp³-hybridized carbons (Fsp3) is 0.167. The summed E-state index contributed by atoms with van der Waals surface area (Å²) < 4.78 is 13.7. The van der Waals surface area contributed by atoms with Crippen LogP contribution in [-0.2, 0) is 13.6 Å². The van der Waals surface area contributed by atoms with E-state index in [0.717, 1.165) is 10.1 Å². The number of H-pyrrole nitrogens is 1. The Morgan fingerprint density at radius 2 is 1.94 bits per heavy atom. The van der Waals surface area contributed by atoms with E-state index in [4.69, 9.17) is 0 Å². The van der Waals surface area contributed by atoms with E-state index in [2.05, 4.69) is 10.3 Å². The molecule has 0 saturated heterocycles. The van der Waals surface area contributed by atoms with Crippen molar-refractivity contribution in [3.8, 4) is 0 Å². The third-order valence-electron chi connectivity index (χ3n) is 2.54. The first-order chi connectivity index (χ1) is 8.56. The van der Waals surface area contributed by atoms with E-state index in [-0.39, 0.29) is 11.4 Å². The standard InChI is InChI=1S/C12H12FN3O2/c1-16-11(17)6-10(15-12(16)18)14-7-8-2-4-9(13)5-3-8/h2-6,14H,7H2,1H3,(H,15,18). The summed E-state index contributed by atoms with van der Waals surface area (Å²) in [4.78, 5) is 25.2. The largest absolute Gasteiger partial charge is 0.367 e. The van der Waals surface area contributed by atoms with Gasteiger partial charge in [0.05, 0.1) is 0 Å². The molecule has 0 bridgehead atoms. The molecule has 0 spiro atoms. The van der Waals surface area contributed by atoms with E-state index in [1.807, 2.05) is 0 Å². The molecular weight excluding hydrogens is 237 g/mol. The normalized spacial score (nSPS) is 10.3. The summed E-state index contributed by atoms with van der Waals surface area (Å²) in [7, 11) is 1.39. The third-order valence-corrected chi connectivity index (χ3v) is 2.54. The lowest BCUT2D eigenvalue weighted by Crippen LogP contribution is -2.32. The van der Waals surface area contributed by atoms with Gasteiger partial charge in [0.15, 0.2) is 0 Å². The smallest absolute Gasteiger partial charge is 0.329 e. The van der Waals surface area contributed by atoms with Gasteiger partial charge in [-0.1, -0.05) is 12.1 Å². The minimum atomic E-state index is -0.482. The molecule has 0 aliphatic rings. The number of nitrogens with zero attached hydrogens (tertiary/aromatic N) is 1. The molecule has 0 aliphatic heterocycles. The molecule has 0 amide bonds. The maximum Gasteiger partial charge on any atom is 0.329 e. The molecular formula is C12H12FN3O2. The highest BCUT2D eigenvalue weighted by molar-refractivity contribution is 5.33. The first kappa shape index (κ1) is 12.1. The number of halogens is 1. The fourth-order valence-electron chi connectivity index (χ4n) is 1.45. The van der Waals surface area contributed by atoms with Crippen molar-refractivity contribution in [3.63, 3.8) is 0 Å². The number of rotatable bonds is 3. The van der Waals surface area contributed by atoms with Crippen molar-refractivity contribution in [2.75, 3.05) is 5.32 Å². The average Bonchev–Trinajstić information content (AvgIpc) is 2.35. The van der Waals surface area contributed by atoms with Crippen LogP contribution in [0.4, 0.5) is 10.2 Å². The van der Waals surface area contributed by atoms with Gasteiger partial charge >= 0.3 is 5.69 Å². The van der Waals surface area contributed by atoms with Gasteiger partial charge in [-0.25, -0.2) is 9.18 Å². The molecule has 1 aromatic heterocycles. The maximum atomic E-state index is 12.7. The first-order valence-electron chi connectivity index (χ1n) is 5.35. The quantitative estimate of drug-likeness (QED) is 0.846. The average molecular weight is 249 g/mol. The first-order valence-corrected chi connectivity index (χ1v) is 5.35. The van der Waals surface area contributed by atoms with Crippen LogP contribution >= 0.6 is 0 Å². The summed E-state index contributed by atoms with van der Waals surface area (Å²) in [6, 6.07) is 7.25. The van der Waals surface area contributed by atoms with Crippen LogP contribution in [0, 0.1) is 5.82 Å². The summed E-state index contributed by atoms with van der Waals surface area (Å²) in [6.45, 7) is 0.392. The molecule has 0 atom stereocenters. The zero-order valence-electron chi connectivity index (χ0n) is 9.74. The molecule has 18 heavy (non-hydrogen) atoms. The predicted octanol–water partition coefficient (Wildman–Crippen LogP) is 0.825. The van der Waals surface area contributed by atoms with Crippen molar-refractivity contribution < 1.29 is 4.39 Å². The topological polar surface area (TPSA) is 66.9 Å². The minimum Gasteiger partial charge on any atom is -0.367 e. The Morgan fingerprint density at radius 1 is 1.28 bits per heavy atom. The van der Waals surface area contributed by atoms with Gasteiger partial charge in [-0.2, -0.15) is 0 Å². The second-order valence-corrected chi connectivity index (χ2v) is 3.87. The summed E-state index contributed by atoms with van der Waals surface area (Å²) in [5.74, 6) is 0.0353. The van der Waals surface area contributed by atoms with E-state index in [0.29, 0.717) is 12.4 Å². The predicted molar refractivity (Wildman–Crippen MR) is 66.0 cm³/mol. The van der Waals surface area contributed by atoms with Crippen molar-refractivity contribution in [3.05, 3.63) is 62.6 Å². The maximum absolute atomic E-state index is 12.7. The highest BCUT2D eigenvalue weighted by Crippen LogP contribution is 2.05. The van der Waals surface area contributed by atoms with Gasteiger partial charge in [0, 0.05) is 19.7 Å². The molecule has 2 rings (SSSR count). The van der Waals surface area contributed by atoms with Gasteiger partial charge in [-0.3, -0.25) is 14.3 Å². The molecule has 0 aliphatic carbocycles. The SMILES string of the molecule is Cn1c(=O)cc(NCc2ccc(F)cc2)[nH]c1=O. The van der Waals surface area contributed by atoms with Gasteiger partial charge in [-0.15, -0.1) is 0 Å². The zero-order valence-corrected chi connectivity index (χ0v) is 9.74. The zero-order chi connectivity index (χ0) is 13.1. The summed E-state index contributed by atoms with van der Waals surface area (Å²) in [6.07, 6.45) is 0. The lowest BCUT2D eigenvalue weighted by atomic mass is 10.2. The third kappa shape index (κ3) is 2.65. The molecule has 6 heteroatoms. The summed E-state index contributed by atoms with van der Waals surface area (Å²) >= 11 is 0. The van der Waals surface area contributed by atoms with Gasteiger partial charge in [-0.05, 0) is 17.7 Å². The van der Waals surface area contributed by atoms with Crippen LogP contribution in [0.2, 0.25) is 0 Å². The van der Waals surface area contributed by atoms with Crippen molar-refractivity contribution in [1.29, 1.82) is 0 Å². The van der Waals surface area contributed by atoms with Crippen molar-refractivity contribution in [2.45, 2.75) is 6.54 Å². The highest BCUT2D eigenvalue weighted by Gasteiger charge is 2.00. The lowest BCUT2D eigenvalue weighted by Gasteiger charge is -2.06. The molecule has 0 unspecified atom stereocenters. The Hall–Kier alpha value is -2.37.